The summed E-state index contributed by atoms with van der Waals surface area (Å²) in [6, 6.07) is 12.8. The molecule has 0 aromatic heterocycles. The van der Waals surface area contributed by atoms with Crippen LogP contribution in [0.15, 0.2) is 42.5 Å². The summed E-state index contributed by atoms with van der Waals surface area (Å²) in [4.78, 5) is 14.0. The van der Waals surface area contributed by atoms with E-state index in [9.17, 15) is 9.90 Å². The van der Waals surface area contributed by atoms with Crippen LogP contribution < -0.4 is 14.8 Å². The molecule has 1 aliphatic heterocycles. The average Bonchev–Trinajstić information content (AvgIpc) is 3.09. The molecule has 1 aliphatic rings. The maximum absolute atomic E-state index is 12.4. The van der Waals surface area contributed by atoms with Gasteiger partial charge in [-0.25, -0.2) is 4.79 Å². The molecule has 0 radical (unpaired) electrons. The summed E-state index contributed by atoms with van der Waals surface area (Å²) in [7, 11) is 1.77. The maximum atomic E-state index is 12.4. The zero-order valence-electron chi connectivity index (χ0n) is 15.1. The molecule has 6 heteroatoms. The number of phenols is 1. The lowest BCUT2D eigenvalue weighted by molar-refractivity contribution is 0.174. The predicted octanol–water partition coefficient (Wildman–Crippen LogP) is 3.28. The number of hydrogen-bond acceptors (Lipinski definition) is 4. The Labute approximate surface area is 153 Å². The molecule has 0 aliphatic carbocycles. The van der Waals surface area contributed by atoms with Gasteiger partial charge in [-0.2, -0.15) is 0 Å². The van der Waals surface area contributed by atoms with Crippen LogP contribution in [-0.4, -0.2) is 35.9 Å². The number of phenolic OH excluding ortho intramolecular Hbond substituents is 1. The Bertz CT molecular complexity index is 761. The molecular weight excluding hydrogens is 332 g/mol. The van der Waals surface area contributed by atoms with Gasteiger partial charge in [-0.3, -0.25) is 0 Å². The molecule has 0 unspecified atom stereocenters. The lowest BCUT2D eigenvalue weighted by Gasteiger charge is -2.21. The topological polar surface area (TPSA) is 71.0 Å². The number of urea groups is 1. The molecule has 0 saturated heterocycles. The summed E-state index contributed by atoms with van der Waals surface area (Å²) in [5, 5.41) is 12.3. The molecule has 0 saturated carbocycles. The van der Waals surface area contributed by atoms with Crippen LogP contribution in [0.1, 0.15) is 24.5 Å². The monoisotopic (exact) mass is 356 g/mol. The van der Waals surface area contributed by atoms with E-state index < -0.39 is 0 Å². The van der Waals surface area contributed by atoms with E-state index in [4.69, 9.17) is 9.47 Å². The largest absolute Gasteiger partial charge is 0.508 e. The number of aromatic hydroxyl groups is 1. The number of carbonyl (C=O) groups is 1. The van der Waals surface area contributed by atoms with Gasteiger partial charge in [0.2, 0.25) is 6.79 Å². The van der Waals surface area contributed by atoms with Gasteiger partial charge in [0.1, 0.15) is 5.75 Å². The highest BCUT2D eigenvalue weighted by Crippen LogP contribution is 2.32. The summed E-state index contributed by atoms with van der Waals surface area (Å²) >= 11 is 0. The van der Waals surface area contributed by atoms with Crippen LogP contribution in [0.25, 0.3) is 0 Å². The molecule has 0 bridgehead atoms. The average molecular weight is 356 g/mol. The normalized spacial score (nSPS) is 13.3. The van der Waals surface area contributed by atoms with Gasteiger partial charge in [0, 0.05) is 19.6 Å². The van der Waals surface area contributed by atoms with Gasteiger partial charge in [-0.05, 0) is 55.2 Å². The van der Waals surface area contributed by atoms with Crippen molar-refractivity contribution in [3.63, 3.8) is 0 Å². The minimum Gasteiger partial charge on any atom is -0.508 e. The third-order valence-corrected chi connectivity index (χ3v) is 4.38. The van der Waals surface area contributed by atoms with Gasteiger partial charge in [-0.15, -0.1) is 0 Å². The number of nitrogens with one attached hydrogen (secondary N) is 1. The molecule has 2 aromatic rings. The Morgan fingerprint density at radius 2 is 1.85 bits per heavy atom. The fraction of sp³-hybridized carbons (Fsp3) is 0.350. The lowest BCUT2D eigenvalue weighted by Crippen LogP contribution is -2.41. The quantitative estimate of drug-likeness (QED) is 0.833. The zero-order valence-corrected chi connectivity index (χ0v) is 15.1. The number of rotatable bonds is 6. The first-order chi connectivity index (χ1) is 12.5. The van der Waals surface area contributed by atoms with Crippen molar-refractivity contribution in [2.45, 2.75) is 32.4 Å². The minimum atomic E-state index is -0.110. The first-order valence-corrected chi connectivity index (χ1v) is 8.69. The van der Waals surface area contributed by atoms with Crippen LogP contribution in [0, 0.1) is 0 Å². The van der Waals surface area contributed by atoms with Crippen molar-refractivity contribution in [1.29, 1.82) is 0 Å². The number of ether oxygens (including phenoxy) is 2. The van der Waals surface area contributed by atoms with Crippen molar-refractivity contribution in [3.05, 3.63) is 53.6 Å². The second-order valence-electron chi connectivity index (χ2n) is 6.60. The van der Waals surface area contributed by atoms with Crippen molar-refractivity contribution in [2.24, 2.45) is 0 Å². The summed E-state index contributed by atoms with van der Waals surface area (Å²) in [6.45, 7) is 2.73. The number of fused-ring (bicyclic) bond motifs is 1. The Morgan fingerprint density at radius 1 is 1.15 bits per heavy atom. The Balaban J connectivity index is 1.46. The van der Waals surface area contributed by atoms with Gasteiger partial charge in [0.05, 0.1) is 0 Å². The van der Waals surface area contributed by atoms with E-state index in [2.05, 4.69) is 5.32 Å². The van der Waals surface area contributed by atoms with E-state index in [0.717, 1.165) is 35.5 Å². The number of benzene rings is 2. The fourth-order valence-corrected chi connectivity index (χ4v) is 2.82. The van der Waals surface area contributed by atoms with Gasteiger partial charge >= 0.3 is 6.03 Å². The molecule has 3 rings (SSSR count). The molecule has 1 atom stereocenters. The standard InChI is InChI=1S/C20H24N2O4/c1-14(3-4-15-5-8-17(23)9-6-15)21-20(24)22(2)12-16-7-10-18-19(11-16)26-13-25-18/h5-11,14,23H,3-4,12-13H2,1-2H3,(H,21,24)/t14-/m0/s1. The fourth-order valence-electron chi connectivity index (χ4n) is 2.82. The van der Waals surface area contributed by atoms with E-state index in [0.29, 0.717) is 6.54 Å². The number of hydrogen-bond donors (Lipinski definition) is 2. The van der Waals surface area contributed by atoms with Gasteiger partial charge in [0.15, 0.2) is 11.5 Å². The van der Waals surface area contributed by atoms with Crippen LogP contribution in [0.5, 0.6) is 17.2 Å². The highest BCUT2D eigenvalue weighted by molar-refractivity contribution is 5.74. The number of carbonyl (C=O) groups excluding carboxylic acids is 1. The predicted molar refractivity (Wildman–Crippen MR) is 98.5 cm³/mol. The van der Waals surface area contributed by atoms with E-state index in [1.165, 1.54) is 0 Å². The molecule has 138 valence electrons. The molecule has 2 amide bonds. The second kappa shape index (κ2) is 7.99. The lowest BCUT2D eigenvalue weighted by atomic mass is 10.1. The van der Waals surface area contributed by atoms with Crippen molar-refractivity contribution in [3.8, 4) is 17.2 Å². The molecule has 0 fully saturated rings. The van der Waals surface area contributed by atoms with Crippen molar-refractivity contribution in [2.75, 3.05) is 13.8 Å². The third-order valence-electron chi connectivity index (χ3n) is 4.38. The van der Waals surface area contributed by atoms with Crippen LogP contribution in [-0.2, 0) is 13.0 Å². The third kappa shape index (κ3) is 4.59. The Kier molecular flexibility index (Phi) is 5.51. The van der Waals surface area contributed by atoms with Crippen LogP contribution in [0.2, 0.25) is 0 Å². The minimum absolute atomic E-state index is 0.0514. The Hall–Kier alpha value is -2.89. The van der Waals surface area contributed by atoms with Crippen molar-refractivity contribution < 1.29 is 19.4 Å². The van der Waals surface area contributed by atoms with E-state index in [1.807, 2.05) is 37.3 Å². The molecular formula is C20H24N2O4. The number of nitrogens with zero attached hydrogens (tertiary/aromatic N) is 1. The number of aryl methyl sites for hydroxylation is 1. The van der Waals surface area contributed by atoms with Crippen LogP contribution in [0.4, 0.5) is 4.79 Å². The summed E-state index contributed by atoms with van der Waals surface area (Å²) in [6.07, 6.45) is 1.67. The smallest absolute Gasteiger partial charge is 0.317 e. The summed E-state index contributed by atoms with van der Waals surface area (Å²) < 4.78 is 10.7. The zero-order chi connectivity index (χ0) is 18.5. The molecule has 26 heavy (non-hydrogen) atoms. The van der Waals surface area contributed by atoms with Gasteiger partial charge in [-0.1, -0.05) is 18.2 Å². The SMILES string of the molecule is C[C@@H](CCc1ccc(O)cc1)NC(=O)N(C)Cc1ccc2c(c1)OCO2. The first-order valence-electron chi connectivity index (χ1n) is 8.69. The first kappa shape index (κ1) is 17.9. The summed E-state index contributed by atoms with van der Waals surface area (Å²) in [5.74, 6) is 1.72. The van der Waals surface area contributed by atoms with E-state index in [1.54, 1.807) is 24.1 Å². The van der Waals surface area contributed by atoms with Gasteiger partial charge in [0.25, 0.3) is 0 Å². The Morgan fingerprint density at radius 3 is 2.62 bits per heavy atom. The van der Waals surface area contributed by atoms with Crippen LogP contribution >= 0.6 is 0 Å². The maximum Gasteiger partial charge on any atom is 0.317 e. The summed E-state index contributed by atoms with van der Waals surface area (Å²) in [5.41, 5.74) is 2.13. The number of amides is 2. The highest BCUT2D eigenvalue weighted by atomic mass is 16.7. The molecule has 2 aromatic carbocycles. The van der Waals surface area contributed by atoms with Crippen molar-refractivity contribution in [1.82, 2.24) is 10.2 Å². The van der Waals surface area contributed by atoms with Crippen LogP contribution in [0.3, 0.4) is 0 Å². The van der Waals surface area contributed by atoms with E-state index >= 15 is 0 Å². The molecule has 0 spiro atoms. The molecule has 1 heterocycles. The molecule has 2 N–H and O–H groups in total. The highest BCUT2D eigenvalue weighted by Gasteiger charge is 2.16. The second-order valence-corrected chi connectivity index (χ2v) is 6.60. The van der Waals surface area contributed by atoms with Gasteiger partial charge < -0.3 is 24.8 Å². The van der Waals surface area contributed by atoms with E-state index in [-0.39, 0.29) is 24.6 Å². The molecule has 6 nitrogen and oxygen atoms in total. The van der Waals surface area contributed by atoms with Crippen molar-refractivity contribution >= 4 is 6.03 Å².